The molecule has 0 saturated heterocycles. The molecule has 0 bridgehead atoms. The lowest BCUT2D eigenvalue weighted by molar-refractivity contribution is -0.133. The van der Waals surface area contributed by atoms with Gasteiger partial charge in [0.05, 0.1) is 5.56 Å². The lowest BCUT2D eigenvalue weighted by Gasteiger charge is -2.21. The fourth-order valence-electron chi connectivity index (χ4n) is 4.36. The van der Waals surface area contributed by atoms with E-state index in [1.165, 1.54) is 11.3 Å². The monoisotopic (exact) mass is 434 g/mol. The second-order valence-electron chi connectivity index (χ2n) is 8.28. The van der Waals surface area contributed by atoms with Crippen LogP contribution in [0.2, 0.25) is 0 Å². The lowest BCUT2D eigenvalue weighted by atomic mass is 9.91. The molecule has 0 spiro atoms. The van der Waals surface area contributed by atoms with Crippen molar-refractivity contribution < 1.29 is 28.0 Å². The maximum absolute atomic E-state index is 14.0. The third-order valence-electron chi connectivity index (χ3n) is 6.06. The molecule has 0 aliphatic heterocycles. The lowest BCUT2D eigenvalue weighted by Crippen LogP contribution is -2.24. The Kier molecular flexibility index (Phi) is 4.61. The maximum Gasteiger partial charge on any atom is 0.331 e. The van der Waals surface area contributed by atoms with Crippen molar-refractivity contribution in [3.63, 3.8) is 0 Å². The molecule has 9 heteroatoms. The largest absolute Gasteiger partial charge is 0.478 e. The molecule has 6 nitrogen and oxygen atoms in total. The number of thiophene rings is 1. The zero-order valence-electron chi connectivity index (χ0n) is 16.2. The Hall–Kier alpha value is -2.42. The topological polar surface area (TPSA) is 93.3 Å². The first-order chi connectivity index (χ1) is 14.3. The molecule has 1 saturated carbocycles. The third-order valence-corrected chi connectivity index (χ3v) is 7.29. The predicted molar refractivity (Wildman–Crippen MR) is 104 cm³/mol. The van der Waals surface area contributed by atoms with E-state index in [9.17, 15) is 23.5 Å². The van der Waals surface area contributed by atoms with Gasteiger partial charge in [-0.05, 0) is 44.1 Å². The molecule has 0 aromatic carbocycles. The number of carbonyl (C=O) groups excluding carboxylic acids is 1. The molecule has 1 N–H and O–H groups in total. The SMILES string of the molecule is O=C(O)C1=C(C(=O)Cc2sc3c(c2-c2nc(C4CC4)no2)CCC(F)(F)C3)CCC1. The minimum Gasteiger partial charge on any atom is -0.478 e. The number of aromatic nitrogens is 2. The van der Waals surface area contributed by atoms with E-state index in [1.807, 2.05) is 0 Å². The number of rotatable bonds is 6. The Morgan fingerprint density at radius 1 is 1.20 bits per heavy atom. The molecule has 0 atom stereocenters. The Bertz CT molecular complexity index is 1080. The Labute approximate surface area is 175 Å². The summed E-state index contributed by atoms with van der Waals surface area (Å²) in [5, 5.41) is 13.4. The van der Waals surface area contributed by atoms with Gasteiger partial charge in [-0.25, -0.2) is 13.6 Å². The summed E-state index contributed by atoms with van der Waals surface area (Å²) in [6.45, 7) is 0. The van der Waals surface area contributed by atoms with E-state index in [4.69, 9.17) is 4.52 Å². The third kappa shape index (κ3) is 3.49. The van der Waals surface area contributed by atoms with Gasteiger partial charge in [-0.3, -0.25) is 4.79 Å². The van der Waals surface area contributed by atoms with Crippen LogP contribution in [0, 0.1) is 0 Å². The highest BCUT2D eigenvalue weighted by atomic mass is 32.1. The molecule has 2 aromatic rings. The Balaban J connectivity index is 1.54. The van der Waals surface area contributed by atoms with Crippen LogP contribution >= 0.6 is 11.3 Å². The molecule has 2 aromatic heterocycles. The number of Topliss-reactive ketones (excluding diaryl/α,β-unsaturated/α-hetero) is 1. The van der Waals surface area contributed by atoms with Crippen LogP contribution in [0.25, 0.3) is 11.5 Å². The molecule has 0 radical (unpaired) electrons. The van der Waals surface area contributed by atoms with Crippen molar-refractivity contribution in [2.24, 2.45) is 0 Å². The predicted octanol–water partition coefficient (Wildman–Crippen LogP) is 4.48. The number of fused-ring (bicyclic) bond motifs is 1. The second kappa shape index (κ2) is 7.08. The number of carbonyl (C=O) groups is 2. The molecule has 158 valence electrons. The fraction of sp³-hybridized carbons (Fsp3) is 0.524. The summed E-state index contributed by atoms with van der Waals surface area (Å²) in [4.78, 5) is 30.0. The van der Waals surface area contributed by atoms with Crippen LogP contribution in [-0.2, 0) is 28.9 Å². The van der Waals surface area contributed by atoms with Crippen molar-refractivity contribution in [2.45, 2.75) is 69.6 Å². The van der Waals surface area contributed by atoms with Crippen LogP contribution < -0.4 is 0 Å². The van der Waals surface area contributed by atoms with Gasteiger partial charge in [-0.15, -0.1) is 11.3 Å². The van der Waals surface area contributed by atoms with Gasteiger partial charge in [0.25, 0.3) is 11.8 Å². The number of alkyl halides is 2. The first kappa shape index (κ1) is 19.5. The molecular formula is C21H20F2N2O4S. The zero-order chi connectivity index (χ0) is 21.0. The molecule has 0 unspecified atom stereocenters. The molecule has 3 aliphatic carbocycles. The first-order valence-electron chi connectivity index (χ1n) is 10.2. The van der Waals surface area contributed by atoms with Crippen molar-refractivity contribution >= 4 is 23.1 Å². The number of carboxylic acid groups (broad SMARTS) is 1. The van der Waals surface area contributed by atoms with Crippen molar-refractivity contribution in [1.82, 2.24) is 10.1 Å². The standard InChI is InChI=1S/C21H20F2N2O4S/c22-21(23)7-6-13-16(9-21)30-15(8-14(26)11-2-1-3-12(11)20(27)28)17(13)19-24-18(25-29-19)10-4-5-10/h10H,1-9H2,(H,27,28). The number of ketones is 1. The highest BCUT2D eigenvalue weighted by Crippen LogP contribution is 2.46. The number of aliphatic carboxylic acids is 1. The summed E-state index contributed by atoms with van der Waals surface area (Å²) >= 11 is 1.19. The summed E-state index contributed by atoms with van der Waals surface area (Å²) in [6.07, 6.45) is 3.00. The molecule has 1 fully saturated rings. The second-order valence-corrected chi connectivity index (χ2v) is 9.47. The van der Waals surface area contributed by atoms with Crippen LogP contribution in [0.3, 0.4) is 0 Å². The van der Waals surface area contributed by atoms with Crippen LogP contribution in [0.1, 0.15) is 65.6 Å². The van der Waals surface area contributed by atoms with E-state index in [0.29, 0.717) is 46.0 Å². The summed E-state index contributed by atoms with van der Waals surface area (Å²) in [5.74, 6) is -2.91. The van der Waals surface area contributed by atoms with Crippen molar-refractivity contribution in [1.29, 1.82) is 0 Å². The van der Waals surface area contributed by atoms with E-state index in [1.54, 1.807) is 0 Å². The van der Waals surface area contributed by atoms with Gasteiger partial charge in [-0.2, -0.15) is 4.98 Å². The highest BCUT2D eigenvalue weighted by molar-refractivity contribution is 7.12. The van der Waals surface area contributed by atoms with Crippen molar-refractivity contribution in [2.75, 3.05) is 0 Å². The van der Waals surface area contributed by atoms with E-state index < -0.39 is 11.9 Å². The van der Waals surface area contributed by atoms with Gasteiger partial charge in [0.1, 0.15) is 0 Å². The maximum atomic E-state index is 14.0. The van der Waals surface area contributed by atoms with Gasteiger partial charge >= 0.3 is 5.97 Å². The average molecular weight is 434 g/mol. The summed E-state index contributed by atoms with van der Waals surface area (Å²) < 4.78 is 33.5. The summed E-state index contributed by atoms with van der Waals surface area (Å²) in [6, 6.07) is 0. The molecule has 2 heterocycles. The van der Waals surface area contributed by atoms with Gasteiger partial charge < -0.3 is 9.63 Å². The number of hydrogen-bond donors (Lipinski definition) is 1. The molecule has 3 aliphatic rings. The number of allylic oxidation sites excluding steroid dienone is 1. The van der Waals surface area contributed by atoms with Gasteiger partial charge in [0.15, 0.2) is 11.6 Å². The molecular weight excluding hydrogens is 414 g/mol. The van der Waals surface area contributed by atoms with E-state index in [0.717, 1.165) is 18.4 Å². The summed E-state index contributed by atoms with van der Waals surface area (Å²) in [7, 11) is 0. The first-order valence-corrected chi connectivity index (χ1v) is 11.0. The van der Waals surface area contributed by atoms with E-state index in [2.05, 4.69) is 10.1 Å². The van der Waals surface area contributed by atoms with Gasteiger partial charge in [0.2, 0.25) is 0 Å². The van der Waals surface area contributed by atoms with Crippen LogP contribution in [0.15, 0.2) is 15.7 Å². The quantitative estimate of drug-likeness (QED) is 0.721. The summed E-state index contributed by atoms with van der Waals surface area (Å²) in [5.41, 5.74) is 1.88. The van der Waals surface area contributed by atoms with Crippen molar-refractivity contribution in [3.05, 3.63) is 32.3 Å². The number of halogens is 2. The van der Waals surface area contributed by atoms with Crippen LogP contribution in [0.5, 0.6) is 0 Å². The van der Waals surface area contributed by atoms with E-state index in [-0.39, 0.29) is 48.8 Å². The average Bonchev–Trinajstić information content (AvgIpc) is 3.10. The van der Waals surface area contributed by atoms with Crippen LogP contribution in [-0.4, -0.2) is 32.9 Å². The molecule has 30 heavy (non-hydrogen) atoms. The number of carboxylic acids is 1. The smallest absolute Gasteiger partial charge is 0.331 e. The van der Waals surface area contributed by atoms with Crippen molar-refractivity contribution in [3.8, 4) is 11.5 Å². The number of nitrogens with zero attached hydrogens (tertiary/aromatic N) is 2. The van der Waals surface area contributed by atoms with E-state index >= 15 is 0 Å². The number of hydrogen-bond acceptors (Lipinski definition) is 6. The van der Waals surface area contributed by atoms with Gasteiger partial charge in [0, 0.05) is 46.1 Å². The Morgan fingerprint density at radius 2 is 1.97 bits per heavy atom. The highest BCUT2D eigenvalue weighted by Gasteiger charge is 2.39. The fourth-order valence-corrected chi connectivity index (χ4v) is 5.79. The Morgan fingerprint density at radius 3 is 2.70 bits per heavy atom. The minimum absolute atomic E-state index is 0.0359. The van der Waals surface area contributed by atoms with Gasteiger partial charge in [-0.1, -0.05) is 5.16 Å². The van der Waals surface area contributed by atoms with Crippen LogP contribution in [0.4, 0.5) is 8.78 Å². The molecule has 0 amide bonds. The normalized spacial score (nSPS) is 20.5. The zero-order valence-corrected chi connectivity index (χ0v) is 17.0. The minimum atomic E-state index is -2.77. The molecule has 5 rings (SSSR count).